The molecular weight excluding hydrogens is 268 g/mol. The Hall–Kier alpha value is -1.75. The second kappa shape index (κ2) is 4.91. The summed E-state index contributed by atoms with van der Waals surface area (Å²) in [5, 5.41) is 3.39. The first-order chi connectivity index (χ1) is 10.2. The Balaban J connectivity index is 1.50. The number of nitrogens with zero attached hydrogens (tertiary/aromatic N) is 1. The third-order valence-corrected chi connectivity index (χ3v) is 4.79. The van der Waals surface area contributed by atoms with Crippen LogP contribution in [0.15, 0.2) is 24.3 Å². The highest BCUT2D eigenvalue weighted by molar-refractivity contribution is 5.82. The van der Waals surface area contributed by atoms with Crippen molar-refractivity contribution in [2.45, 2.75) is 19.1 Å². The fourth-order valence-corrected chi connectivity index (χ4v) is 3.61. The van der Waals surface area contributed by atoms with E-state index < -0.39 is 6.10 Å². The van der Waals surface area contributed by atoms with E-state index in [0.29, 0.717) is 17.6 Å². The Kier molecular flexibility index (Phi) is 3.03. The van der Waals surface area contributed by atoms with E-state index in [2.05, 4.69) is 5.32 Å². The first kappa shape index (κ1) is 13.0. The summed E-state index contributed by atoms with van der Waals surface area (Å²) in [6.45, 7) is 5.62. The molecule has 3 aliphatic heterocycles. The molecule has 1 aromatic rings. The van der Waals surface area contributed by atoms with Gasteiger partial charge in [0.1, 0.15) is 6.10 Å². The number of fused-ring (bicyclic) bond motifs is 2. The van der Waals surface area contributed by atoms with Crippen molar-refractivity contribution in [2.75, 3.05) is 26.2 Å². The second-order valence-corrected chi connectivity index (χ2v) is 6.23. The first-order valence-corrected chi connectivity index (χ1v) is 7.64. The van der Waals surface area contributed by atoms with E-state index in [1.54, 1.807) is 0 Å². The summed E-state index contributed by atoms with van der Waals surface area (Å²) < 4.78 is 11.7. The number of likely N-dealkylation sites (tertiary alicyclic amines) is 1. The van der Waals surface area contributed by atoms with Gasteiger partial charge in [-0.15, -0.1) is 0 Å². The number of benzene rings is 1. The average molecular weight is 288 g/mol. The third-order valence-electron chi connectivity index (χ3n) is 4.79. The Morgan fingerprint density at radius 1 is 1.14 bits per heavy atom. The van der Waals surface area contributed by atoms with E-state index in [-0.39, 0.29) is 12.0 Å². The van der Waals surface area contributed by atoms with Gasteiger partial charge in [0, 0.05) is 26.2 Å². The minimum absolute atomic E-state index is 0.0615. The van der Waals surface area contributed by atoms with Gasteiger partial charge in [-0.25, -0.2) is 0 Å². The smallest absolute Gasteiger partial charge is 0.267 e. The number of para-hydroxylation sites is 2. The third kappa shape index (κ3) is 2.16. The molecule has 1 N–H and O–H groups in total. The van der Waals surface area contributed by atoms with Crippen LogP contribution in [0.4, 0.5) is 0 Å². The molecular formula is C16H20N2O3. The van der Waals surface area contributed by atoms with Gasteiger partial charge >= 0.3 is 0 Å². The molecule has 5 nitrogen and oxygen atoms in total. The molecule has 4 rings (SSSR count). The molecule has 112 valence electrons. The van der Waals surface area contributed by atoms with Gasteiger partial charge < -0.3 is 19.7 Å². The zero-order valence-corrected chi connectivity index (χ0v) is 12.1. The van der Waals surface area contributed by atoms with Crippen molar-refractivity contribution < 1.29 is 14.3 Å². The van der Waals surface area contributed by atoms with E-state index in [4.69, 9.17) is 9.47 Å². The first-order valence-electron chi connectivity index (χ1n) is 7.64. The summed E-state index contributed by atoms with van der Waals surface area (Å²) in [5.74, 6) is 2.64. The Morgan fingerprint density at radius 2 is 1.76 bits per heavy atom. The normalized spacial score (nSPS) is 33.9. The van der Waals surface area contributed by atoms with Crippen molar-refractivity contribution in [1.29, 1.82) is 0 Å². The van der Waals surface area contributed by atoms with Crippen molar-refractivity contribution in [1.82, 2.24) is 10.2 Å². The molecule has 1 amide bonds. The molecule has 0 radical (unpaired) electrons. The van der Waals surface area contributed by atoms with Gasteiger partial charge in [-0.2, -0.15) is 0 Å². The monoisotopic (exact) mass is 288 g/mol. The molecule has 0 aliphatic carbocycles. The van der Waals surface area contributed by atoms with Crippen LogP contribution in [-0.2, 0) is 4.79 Å². The summed E-state index contributed by atoms with van der Waals surface area (Å²) >= 11 is 0. The number of amides is 1. The molecule has 3 aliphatic rings. The summed E-state index contributed by atoms with van der Waals surface area (Å²) in [6.07, 6.45) is -0.794. The lowest BCUT2D eigenvalue weighted by Crippen LogP contribution is -2.50. The topological polar surface area (TPSA) is 50.8 Å². The van der Waals surface area contributed by atoms with Gasteiger partial charge in [0.15, 0.2) is 11.5 Å². The molecule has 5 heteroatoms. The maximum Gasteiger partial charge on any atom is 0.267 e. The fourth-order valence-electron chi connectivity index (χ4n) is 3.61. The van der Waals surface area contributed by atoms with Crippen LogP contribution in [0.3, 0.4) is 0 Å². The van der Waals surface area contributed by atoms with Crippen molar-refractivity contribution in [2.24, 2.45) is 11.8 Å². The van der Waals surface area contributed by atoms with Gasteiger partial charge in [-0.3, -0.25) is 4.79 Å². The summed E-state index contributed by atoms with van der Waals surface area (Å²) in [6, 6.07) is 7.53. The number of ether oxygens (including phenoxy) is 2. The minimum atomic E-state index is -0.535. The molecule has 0 bridgehead atoms. The zero-order valence-electron chi connectivity index (χ0n) is 12.1. The number of hydrogen-bond donors (Lipinski definition) is 1. The predicted octanol–water partition coefficient (Wildman–Crippen LogP) is 0.893. The standard InChI is InChI=1S/C16H20N2O3/c1-10-15(21-14-5-3-2-4-13(14)20-10)16(19)18-8-11-6-17-7-12(11)9-18/h2-5,10-12,15,17H,6-9H2,1H3/t10?,11-,12+,15?. The Morgan fingerprint density at radius 3 is 2.43 bits per heavy atom. The van der Waals surface area contributed by atoms with Gasteiger partial charge in [-0.1, -0.05) is 12.1 Å². The number of rotatable bonds is 1. The lowest BCUT2D eigenvalue weighted by atomic mass is 10.0. The zero-order chi connectivity index (χ0) is 14.4. The van der Waals surface area contributed by atoms with Crippen LogP contribution in [-0.4, -0.2) is 49.2 Å². The molecule has 3 heterocycles. The Labute approximate surface area is 124 Å². The molecule has 1 aromatic carbocycles. The Bertz CT molecular complexity index is 550. The summed E-state index contributed by atoms with van der Waals surface area (Å²) in [5.41, 5.74) is 0. The number of carbonyl (C=O) groups is 1. The van der Waals surface area contributed by atoms with Crippen LogP contribution < -0.4 is 14.8 Å². The SMILES string of the molecule is CC1Oc2ccccc2OC1C(=O)N1C[C@H]2CNC[C@H]2C1. The van der Waals surface area contributed by atoms with Crippen LogP contribution in [0, 0.1) is 11.8 Å². The molecule has 0 spiro atoms. The number of hydrogen-bond acceptors (Lipinski definition) is 4. The lowest BCUT2D eigenvalue weighted by Gasteiger charge is -2.33. The second-order valence-electron chi connectivity index (χ2n) is 6.23. The maximum atomic E-state index is 12.8. The van der Waals surface area contributed by atoms with Gasteiger partial charge in [-0.05, 0) is 30.9 Å². The van der Waals surface area contributed by atoms with Gasteiger partial charge in [0.25, 0.3) is 5.91 Å². The predicted molar refractivity (Wildman–Crippen MR) is 77.4 cm³/mol. The quantitative estimate of drug-likeness (QED) is 0.834. The highest BCUT2D eigenvalue weighted by Gasteiger charge is 2.43. The van der Waals surface area contributed by atoms with Crippen molar-refractivity contribution in [3.05, 3.63) is 24.3 Å². The average Bonchev–Trinajstić information content (AvgIpc) is 3.07. The summed E-state index contributed by atoms with van der Waals surface area (Å²) in [7, 11) is 0. The van der Waals surface area contributed by atoms with Crippen molar-refractivity contribution in [3.8, 4) is 11.5 Å². The molecule has 0 saturated carbocycles. The molecule has 2 unspecified atom stereocenters. The largest absolute Gasteiger partial charge is 0.482 e. The van der Waals surface area contributed by atoms with Crippen LogP contribution in [0.5, 0.6) is 11.5 Å². The van der Waals surface area contributed by atoms with E-state index >= 15 is 0 Å². The van der Waals surface area contributed by atoms with E-state index in [0.717, 1.165) is 31.9 Å². The molecule has 2 fully saturated rings. The number of nitrogens with one attached hydrogen (secondary N) is 1. The molecule has 2 saturated heterocycles. The van der Waals surface area contributed by atoms with Crippen molar-refractivity contribution in [3.63, 3.8) is 0 Å². The summed E-state index contributed by atoms with van der Waals surface area (Å²) in [4.78, 5) is 14.7. The van der Waals surface area contributed by atoms with Crippen LogP contribution in [0.1, 0.15) is 6.92 Å². The molecule has 0 aromatic heterocycles. The van der Waals surface area contributed by atoms with Crippen molar-refractivity contribution >= 4 is 5.91 Å². The maximum absolute atomic E-state index is 12.8. The number of carbonyl (C=O) groups excluding carboxylic acids is 1. The fraction of sp³-hybridized carbons (Fsp3) is 0.562. The van der Waals surface area contributed by atoms with Crippen LogP contribution in [0.2, 0.25) is 0 Å². The van der Waals surface area contributed by atoms with Crippen LogP contribution in [0.25, 0.3) is 0 Å². The minimum Gasteiger partial charge on any atom is -0.482 e. The molecule has 21 heavy (non-hydrogen) atoms. The highest BCUT2D eigenvalue weighted by atomic mass is 16.6. The van der Waals surface area contributed by atoms with E-state index in [1.165, 1.54) is 0 Å². The highest BCUT2D eigenvalue weighted by Crippen LogP contribution is 2.35. The van der Waals surface area contributed by atoms with E-state index in [9.17, 15) is 4.79 Å². The molecule has 4 atom stereocenters. The van der Waals surface area contributed by atoms with Crippen LogP contribution >= 0.6 is 0 Å². The van der Waals surface area contributed by atoms with E-state index in [1.807, 2.05) is 36.1 Å². The van der Waals surface area contributed by atoms with Gasteiger partial charge in [0.2, 0.25) is 6.10 Å². The van der Waals surface area contributed by atoms with Gasteiger partial charge in [0.05, 0.1) is 0 Å². The lowest BCUT2D eigenvalue weighted by molar-refractivity contribution is -0.143.